The number of methoxy groups -OCH3 is 1. The van der Waals surface area contributed by atoms with Gasteiger partial charge in [-0.05, 0) is 49.4 Å². The Balaban J connectivity index is 2.18. The van der Waals surface area contributed by atoms with E-state index in [-0.39, 0.29) is 6.61 Å². The average Bonchev–Trinajstić information content (AvgIpc) is 3.00. The van der Waals surface area contributed by atoms with Gasteiger partial charge in [0, 0.05) is 17.9 Å². The van der Waals surface area contributed by atoms with Gasteiger partial charge in [-0.3, -0.25) is 4.79 Å². The molecule has 0 fully saturated rings. The zero-order valence-electron chi connectivity index (χ0n) is 14.7. The molecule has 0 atom stereocenters. The molecular formula is C20H18O6. The first-order valence-corrected chi connectivity index (χ1v) is 8.10. The molecule has 0 bridgehead atoms. The fourth-order valence-corrected chi connectivity index (χ4v) is 2.66. The molecule has 1 heterocycles. The maximum atomic E-state index is 12.6. The van der Waals surface area contributed by atoms with Crippen molar-refractivity contribution < 1.29 is 28.2 Å². The zero-order valence-corrected chi connectivity index (χ0v) is 14.7. The minimum Gasteiger partial charge on any atom is -0.497 e. The summed E-state index contributed by atoms with van der Waals surface area (Å²) in [7, 11) is 1.58. The summed E-state index contributed by atoms with van der Waals surface area (Å²) in [6.45, 7) is 3.28. The van der Waals surface area contributed by atoms with Crippen molar-refractivity contribution in [3.63, 3.8) is 0 Å². The van der Waals surface area contributed by atoms with Crippen LogP contribution in [0.1, 0.15) is 24.2 Å². The number of carbonyl (C=O) groups is 2. The van der Waals surface area contributed by atoms with Gasteiger partial charge in [0.2, 0.25) is 0 Å². The van der Waals surface area contributed by atoms with Gasteiger partial charge >= 0.3 is 11.9 Å². The van der Waals surface area contributed by atoms with Gasteiger partial charge in [0.1, 0.15) is 28.4 Å². The molecule has 0 saturated carbocycles. The smallest absolute Gasteiger partial charge is 0.342 e. The molecule has 134 valence electrons. The SMILES string of the molecule is CCOC(=O)c1c(-c2ccc(OC)cc2)oc2ccc(OC(C)=O)cc12. The first kappa shape index (κ1) is 17.5. The van der Waals surface area contributed by atoms with Crippen LogP contribution in [0.15, 0.2) is 46.9 Å². The Labute approximate surface area is 150 Å². The van der Waals surface area contributed by atoms with Gasteiger partial charge in [0.05, 0.1) is 13.7 Å². The van der Waals surface area contributed by atoms with Crippen LogP contribution in [0.3, 0.4) is 0 Å². The highest BCUT2D eigenvalue weighted by Gasteiger charge is 2.24. The van der Waals surface area contributed by atoms with Crippen molar-refractivity contribution in [1.82, 2.24) is 0 Å². The van der Waals surface area contributed by atoms with Crippen LogP contribution in [0.5, 0.6) is 11.5 Å². The Morgan fingerprint density at radius 1 is 1.04 bits per heavy atom. The lowest BCUT2D eigenvalue weighted by atomic mass is 10.1. The minimum absolute atomic E-state index is 0.233. The van der Waals surface area contributed by atoms with Crippen LogP contribution in [0, 0.1) is 0 Å². The number of furan rings is 1. The lowest BCUT2D eigenvalue weighted by molar-refractivity contribution is -0.131. The lowest BCUT2D eigenvalue weighted by Gasteiger charge is -2.05. The molecule has 0 saturated heterocycles. The van der Waals surface area contributed by atoms with Gasteiger partial charge in [0.25, 0.3) is 0 Å². The number of carbonyl (C=O) groups excluding carboxylic acids is 2. The fourth-order valence-electron chi connectivity index (χ4n) is 2.66. The van der Waals surface area contributed by atoms with Crippen molar-refractivity contribution in [2.75, 3.05) is 13.7 Å². The second kappa shape index (κ2) is 7.31. The van der Waals surface area contributed by atoms with E-state index in [0.717, 1.165) is 0 Å². The van der Waals surface area contributed by atoms with Crippen LogP contribution < -0.4 is 9.47 Å². The Morgan fingerprint density at radius 3 is 2.35 bits per heavy atom. The van der Waals surface area contributed by atoms with Gasteiger partial charge in [-0.2, -0.15) is 0 Å². The number of rotatable bonds is 5. The van der Waals surface area contributed by atoms with Crippen LogP contribution in [0.2, 0.25) is 0 Å². The van der Waals surface area contributed by atoms with E-state index < -0.39 is 11.9 Å². The number of hydrogen-bond donors (Lipinski definition) is 0. The molecule has 0 N–H and O–H groups in total. The molecule has 0 spiro atoms. The van der Waals surface area contributed by atoms with Gasteiger partial charge < -0.3 is 18.6 Å². The van der Waals surface area contributed by atoms with Crippen molar-refractivity contribution in [2.45, 2.75) is 13.8 Å². The van der Waals surface area contributed by atoms with Crippen molar-refractivity contribution in [3.05, 3.63) is 48.0 Å². The predicted octanol–water partition coefficient (Wildman–Crippen LogP) is 4.21. The van der Waals surface area contributed by atoms with Crippen molar-refractivity contribution >= 4 is 22.9 Å². The fraction of sp³-hybridized carbons (Fsp3) is 0.200. The summed E-state index contributed by atoms with van der Waals surface area (Å²) in [5, 5.41) is 0.521. The summed E-state index contributed by atoms with van der Waals surface area (Å²) >= 11 is 0. The molecule has 0 aliphatic carbocycles. The summed E-state index contributed by atoms with van der Waals surface area (Å²) in [5.74, 6) is 0.469. The second-order valence-corrected chi connectivity index (χ2v) is 5.51. The number of ether oxygens (including phenoxy) is 3. The number of hydrogen-bond acceptors (Lipinski definition) is 6. The van der Waals surface area contributed by atoms with Crippen LogP contribution in [0.25, 0.3) is 22.3 Å². The van der Waals surface area contributed by atoms with Crippen LogP contribution in [-0.4, -0.2) is 25.7 Å². The summed E-state index contributed by atoms with van der Waals surface area (Å²) in [6.07, 6.45) is 0. The molecular weight excluding hydrogens is 336 g/mol. The number of benzene rings is 2. The molecule has 6 heteroatoms. The van der Waals surface area contributed by atoms with E-state index in [1.807, 2.05) is 0 Å². The zero-order chi connectivity index (χ0) is 18.7. The Hall–Kier alpha value is -3.28. The Morgan fingerprint density at radius 2 is 1.73 bits per heavy atom. The first-order valence-electron chi connectivity index (χ1n) is 8.10. The number of fused-ring (bicyclic) bond motifs is 1. The quantitative estimate of drug-likeness (QED) is 0.505. The highest BCUT2D eigenvalue weighted by Crippen LogP contribution is 2.36. The molecule has 0 amide bonds. The third-order valence-electron chi connectivity index (χ3n) is 3.75. The van der Waals surface area contributed by atoms with E-state index in [1.165, 1.54) is 6.92 Å². The second-order valence-electron chi connectivity index (χ2n) is 5.51. The molecule has 0 radical (unpaired) electrons. The van der Waals surface area contributed by atoms with E-state index in [4.69, 9.17) is 18.6 Å². The molecule has 1 aromatic heterocycles. The van der Waals surface area contributed by atoms with Gasteiger partial charge in [-0.15, -0.1) is 0 Å². The summed E-state index contributed by atoms with van der Waals surface area (Å²) in [4.78, 5) is 23.8. The summed E-state index contributed by atoms with van der Waals surface area (Å²) < 4.78 is 21.4. The largest absolute Gasteiger partial charge is 0.497 e. The maximum absolute atomic E-state index is 12.6. The lowest BCUT2D eigenvalue weighted by Crippen LogP contribution is -2.05. The molecule has 26 heavy (non-hydrogen) atoms. The standard InChI is InChI=1S/C20H18O6/c1-4-24-20(22)18-16-11-15(25-12(2)21)9-10-17(16)26-19(18)13-5-7-14(23-3)8-6-13/h5-11H,4H2,1-3H3. The third kappa shape index (κ3) is 3.39. The molecule has 6 nitrogen and oxygen atoms in total. The molecule has 0 aliphatic rings. The minimum atomic E-state index is -0.503. The van der Waals surface area contributed by atoms with Gasteiger partial charge in [-0.1, -0.05) is 0 Å². The Bertz CT molecular complexity index is 952. The van der Waals surface area contributed by atoms with Crippen molar-refractivity contribution in [3.8, 4) is 22.8 Å². The average molecular weight is 354 g/mol. The van der Waals surface area contributed by atoms with E-state index in [1.54, 1.807) is 56.5 Å². The van der Waals surface area contributed by atoms with E-state index >= 15 is 0 Å². The monoisotopic (exact) mass is 354 g/mol. The molecule has 0 unspecified atom stereocenters. The first-order chi connectivity index (χ1) is 12.5. The third-order valence-corrected chi connectivity index (χ3v) is 3.75. The normalized spacial score (nSPS) is 10.6. The van der Waals surface area contributed by atoms with Crippen molar-refractivity contribution in [2.24, 2.45) is 0 Å². The molecule has 3 rings (SSSR count). The topological polar surface area (TPSA) is 75.0 Å². The molecule has 0 aliphatic heterocycles. The summed E-state index contributed by atoms with van der Waals surface area (Å²) in [6, 6.07) is 12.0. The summed E-state index contributed by atoms with van der Waals surface area (Å²) in [5.41, 5.74) is 1.50. The van der Waals surface area contributed by atoms with E-state index in [9.17, 15) is 9.59 Å². The predicted molar refractivity (Wildman–Crippen MR) is 95.5 cm³/mol. The maximum Gasteiger partial charge on any atom is 0.342 e. The van der Waals surface area contributed by atoms with Crippen LogP contribution in [0.4, 0.5) is 0 Å². The van der Waals surface area contributed by atoms with Crippen molar-refractivity contribution in [1.29, 1.82) is 0 Å². The van der Waals surface area contributed by atoms with E-state index in [0.29, 0.717) is 39.4 Å². The highest BCUT2D eigenvalue weighted by atomic mass is 16.5. The van der Waals surface area contributed by atoms with Gasteiger partial charge in [0.15, 0.2) is 0 Å². The number of esters is 2. The van der Waals surface area contributed by atoms with Gasteiger partial charge in [-0.25, -0.2) is 4.79 Å². The van der Waals surface area contributed by atoms with E-state index in [2.05, 4.69) is 0 Å². The van der Waals surface area contributed by atoms with Crippen LogP contribution in [-0.2, 0) is 9.53 Å². The molecule has 3 aromatic rings. The Kier molecular flexibility index (Phi) is 4.93. The van der Waals surface area contributed by atoms with Crippen LogP contribution >= 0.6 is 0 Å². The highest BCUT2D eigenvalue weighted by molar-refractivity contribution is 6.09. The molecule has 2 aromatic carbocycles.